The number of carbonyl (C=O) groups is 2. The summed E-state index contributed by atoms with van der Waals surface area (Å²) in [6.45, 7) is 3.12. The molecule has 17 heavy (non-hydrogen) atoms. The summed E-state index contributed by atoms with van der Waals surface area (Å²) < 4.78 is 0. The van der Waals surface area contributed by atoms with Crippen LogP contribution in [-0.2, 0) is 9.63 Å². The zero-order valence-corrected chi connectivity index (χ0v) is 9.77. The largest absolute Gasteiger partial charge is 0.481 e. The Hall–Kier alpha value is -1.88. The van der Waals surface area contributed by atoms with Crippen molar-refractivity contribution < 1.29 is 19.5 Å². The van der Waals surface area contributed by atoms with Crippen molar-refractivity contribution >= 4 is 11.9 Å². The highest BCUT2D eigenvalue weighted by Crippen LogP contribution is 2.13. The molecule has 0 bridgehead atoms. The summed E-state index contributed by atoms with van der Waals surface area (Å²) in [4.78, 5) is 27.0. The van der Waals surface area contributed by atoms with Crippen LogP contribution in [0.15, 0.2) is 30.3 Å². The van der Waals surface area contributed by atoms with Crippen LogP contribution in [-0.4, -0.2) is 23.6 Å². The number of rotatable bonds is 5. The number of carboxylic acid groups (broad SMARTS) is 1. The molecule has 0 aromatic heterocycles. The standard InChI is InChI=1S/C12H15NO4/c1-12(2,11(15)16)8-13-17-10(14)9-6-4-3-5-7-9/h3-7,13H,8H2,1-2H3,(H,15,16). The highest BCUT2D eigenvalue weighted by molar-refractivity contribution is 5.89. The van der Waals surface area contributed by atoms with Crippen LogP contribution < -0.4 is 5.48 Å². The van der Waals surface area contributed by atoms with Crippen LogP contribution in [0.5, 0.6) is 0 Å². The Morgan fingerprint density at radius 2 is 1.88 bits per heavy atom. The van der Waals surface area contributed by atoms with Gasteiger partial charge in [0.1, 0.15) is 0 Å². The first-order chi connectivity index (χ1) is 7.93. The molecule has 2 N–H and O–H groups in total. The van der Waals surface area contributed by atoms with Crippen LogP contribution in [0.1, 0.15) is 24.2 Å². The molecule has 0 atom stereocenters. The lowest BCUT2D eigenvalue weighted by Crippen LogP contribution is -2.37. The maximum Gasteiger partial charge on any atom is 0.356 e. The van der Waals surface area contributed by atoms with Gasteiger partial charge in [0.25, 0.3) is 0 Å². The van der Waals surface area contributed by atoms with Crippen molar-refractivity contribution in [2.75, 3.05) is 6.54 Å². The zero-order valence-electron chi connectivity index (χ0n) is 9.77. The number of benzene rings is 1. The van der Waals surface area contributed by atoms with Crippen LogP contribution in [0.4, 0.5) is 0 Å². The molecule has 0 fully saturated rings. The number of hydrogen-bond acceptors (Lipinski definition) is 4. The maximum atomic E-state index is 11.5. The fourth-order valence-corrected chi connectivity index (χ4v) is 0.991. The lowest BCUT2D eigenvalue weighted by molar-refractivity contribution is -0.147. The highest BCUT2D eigenvalue weighted by atomic mass is 16.7. The fourth-order valence-electron chi connectivity index (χ4n) is 0.991. The molecule has 92 valence electrons. The highest BCUT2D eigenvalue weighted by Gasteiger charge is 2.27. The van der Waals surface area contributed by atoms with E-state index in [1.54, 1.807) is 44.2 Å². The van der Waals surface area contributed by atoms with Gasteiger partial charge in [-0.3, -0.25) is 4.79 Å². The summed E-state index contributed by atoms with van der Waals surface area (Å²) in [5.41, 5.74) is 1.80. The van der Waals surface area contributed by atoms with Crippen LogP contribution in [0.25, 0.3) is 0 Å². The van der Waals surface area contributed by atoms with E-state index < -0.39 is 17.4 Å². The zero-order chi connectivity index (χ0) is 12.9. The second-order valence-corrected chi connectivity index (χ2v) is 4.27. The molecule has 0 aliphatic heterocycles. The molecule has 0 spiro atoms. The number of hydroxylamine groups is 1. The Labute approximate surface area is 99.4 Å². The molecular formula is C12H15NO4. The van der Waals surface area contributed by atoms with E-state index in [1.165, 1.54) is 0 Å². The normalized spacial score (nSPS) is 10.9. The van der Waals surface area contributed by atoms with Crippen molar-refractivity contribution in [3.63, 3.8) is 0 Å². The molecule has 0 heterocycles. The lowest BCUT2D eigenvalue weighted by Gasteiger charge is -2.18. The van der Waals surface area contributed by atoms with E-state index in [0.717, 1.165) is 0 Å². The monoisotopic (exact) mass is 237 g/mol. The smallest absolute Gasteiger partial charge is 0.356 e. The van der Waals surface area contributed by atoms with Gasteiger partial charge >= 0.3 is 11.9 Å². The second kappa shape index (κ2) is 5.45. The average Bonchev–Trinajstić information content (AvgIpc) is 2.29. The predicted molar refractivity (Wildman–Crippen MR) is 61.3 cm³/mol. The SMILES string of the molecule is CC(C)(CNOC(=O)c1ccccc1)C(=O)O. The van der Waals surface area contributed by atoms with E-state index in [9.17, 15) is 9.59 Å². The molecule has 0 unspecified atom stereocenters. The predicted octanol–water partition coefficient (Wildman–Crippen LogP) is 1.46. The van der Waals surface area contributed by atoms with Gasteiger partial charge in [0.15, 0.2) is 0 Å². The lowest BCUT2D eigenvalue weighted by atomic mass is 9.94. The van der Waals surface area contributed by atoms with E-state index in [2.05, 4.69) is 5.48 Å². The number of carboxylic acids is 1. The number of carbonyl (C=O) groups excluding carboxylic acids is 1. The van der Waals surface area contributed by atoms with Gasteiger partial charge in [0.05, 0.1) is 11.0 Å². The second-order valence-electron chi connectivity index (χ2n) is 4.27. The van der Waals surface area contributed by atoms with Crippen LogP contribution >= 0.6 is 0 Å². The van der Waals surface area contributed by atoms with Gasteiger partial charge in [-0.25, -0.2) is 4.79 Å². The molecule has 0 amide bonds. The summed E-state index contributed by atoms with van der Waals surface area (Å²) in [5, 5.41) is 8.84. The van der Waals surface area contributed by atoms with E-state index >= 15 is 0 Å². The molecule has 1 rings (SSSR count). The Balaban J connectivity index is 2.43. The van der Waals surface area contributed by atoms with E-state index in [1.807, 2.05) is 0 Å². The minimum atomic E-state index is -0.989. The van der Waals surface area contributed by atoms with Crippen molar-refractivity contribution in [2.45, 2.75) is 13.8 Å². The number of hydrogen-bond donors (Lipinski definition) is 2. The fraction of sp³-hybridized carbons (Fsp3) is 0.333. The summed E-state index contributed by atoms with van der Waals surface area (Å²) in [7, 11) is 0. The summed E-state index contributed by atoms with van der Waals surface area (Å²) in [6.07, 6.45) is 0. The molecule has 1 aromatic carbocycles. The molecule has 0 aliphatic rings. The Morgan fingerprint density at radius 1 is 1.29 bits per heavy atom. The van der Waals surface area contributed by atoms with Gasteiger partial charge in [-0.05, 0) is 26.0 Å². The summed E-state index contributed by atoms with van der Waals surface area (Å²) in [5.74, 6) is -1.49. The van der Waals surface area contributed by atoms with Crippen molar-refractivity contribution in [1.82, 2.24) is 5.48 Å². The first-order valence-corrected chi connectivity index (χ1v) is 5.16. The minimum Gasteiger partial charge on any atom is -0.481 e. The van der Waals surface area contributed by atoms with Gasteiger partial charge in [0.2, 0.25) is 0 Å². The topological polar surface area (TPSA) is 75.6 Å². The van der Waals surface area contributed by atoms with Crippen LogP contribution in [0, 0.1) is 5.41 Å². The van der Waals surface area contributed by atoms with Gasteiger partial charge in [0, 0.05) is 6.54 Å². The Morgan fingerprint density at radius 3 is 2.41 bits per heavy atom. The minimum absolute atomic E-state index is 0.0426. The van der Waals surface area contributed by atoms with Gasteiger partial charge in [-0.2, -0.15) is 5.48 Å². The van der Waals surface area contributed by atoms with Gasteiger partial charge in [-0.1, -0.05) is 18.2 Å². The van der Waals surface area contributed by atoms with E-state index in [4.69, 9.17) is 9.94 Å². The first-order valence-electron chi connectivity index (χ1n) is 5.16. The van der Waals surface area contributed by atoms with E-state index in [-0.39, 0.29) is 6.54 Å². The average molecular weight is 237 g/mol. The van der Waals surface area contributed by atoms with Crippen molar-refractivity contribution in [2.24, 2.45) is 5.41 Å². The summed E-state index contributed by atoms with van der Waals surface area (Å²) >= 11 is 0. The summed E-state index contributed by atoms with van der Waals surface area (Å²) in [6, 6.07) is 8.46. The van der Waals surface area contributed by atoms with Crippen molar-refractivity contribution in [3.8, 4) is 0 Å². The van der Waals surface area contributed by atoms with Crippen molar-refractivity contribution in [3.05, 3.63) is 35.9 Å². The van der Waals surface area contributed by atoms with Crippen molar-refractivity contribution in [1.29, 1.82) is 0 Å². The molecular weight excluding hydrogens is 222 g/mol. The van der Waals surface area contributed by atoms with E-state index in [0.29, 0.717) is 5.56 Å². The third-order valence-electron chi connectivity index (χ3n) is 2.27. The molecule has 5 nitrogen and oxygen atoms in total. The Bertz CT molecular complexity index is 400. The molecule has 5 heteroatoms. The molecule has 1 aromatic rings. The number of aliphatic carboxylic acids is 1. The molecule has 0 radical (unpaired) electrons. The van der Waals surface area contributed by atoms with Gasteiger partial charge in [-0.15, -0.1) is 0 Å². The Kier molecular flexibility index (Phi) is 4.23. The van der Waals surface area contributed by atoms with Crippen LogP contribution in [0.3, 0.4) is 0 Å². The third kappa shape index (κ3) is 3.88. The van der Waals surface area contributed by atoms with Gasteiger partial charge < -0.3 is 9.94 Å². The third-order valence-corrected chi connectivity index (χ3v) is 2.27. The molecule has 0 saturated carbocycles. The number of nitrogens with one attached hydrogen (secondary N) is 1. The molecule has 0 aliphatic carbocycles. The first kappa shape index (κ1) is 13.2. The maximum absolute atomic E-state index is 11.5. The molecule has 0 saturated heterocycles. The van der Waals surface area contributed by atoms with Crippen LogP contribution in [0.2, 0.25) is 0 Å². The quantitative estimate of drug-likeness (QED) is 0.758.